The van der Waals surface area contributed by atoms with Gasteiger partial charge in [-0.2, -0.15) is 5.26 Å². The average molecular weight is 376 g/mol. The number of fused-ring (bicyclic) bond motifs is 1. The molecule has 1 aromatic rings. The first-order valence-electron chi connectivity index (χ1n) is 10.8. The van der Waals surface area contributed by atoms with Gasteiger partial charge in [0, 0.05) is 24.5 Å². The zero-order valence-corrected chi connectivity index (χ0v) is 16.7. The van der Waals surface area contributed by atoms with Gasteiger partial charge in [0.15, 0.2) is 0 Å². The van der Waals surface area contributed by atoms with Gasteiger partial charge in [0.05, 0.1) is 0 Å². The molecular weight excluding hydrogens is 346 g/mol. The molecule has 0 aromatic heterocycles. The molecule has 4 heteroatoms. The summed E-state index contributed by atoms with van der Waals surface area (Å²) in [6.45, 7) is 2.99. The third-order valence-electron chi connectivity index (χ3n) is 7.92. The van der Waals surface area contributed by atoms with Gasteiger partial charge in [-0.15, -0.1) is 0 Å². The molecule has 1 aromatic carbocycles. The van der Waals surface area contributed by atoms with Gasteiger partial charge < -0.3 is 10.2 Å². The highest BCUT2D eigenvalue weighted by molar-refractivity contribution is 5.98. The van der Waals surface area contributed by atoms with Gasteiger partial charge >= 0.3 is 0 Å². The molecule has 146 valence electrons. The highest BCUT2D eigenvalue weighted by Crippen LogP contribution is 2.61. The van der Waals surface area contributed by atoms with Crippen molar-refractivity contribution in [3.05, 3.63) is 41.6 Å². The number of nitriles is 1. The Bertz CT molecular complexity index is 830. The lowest BCUT2D eigenvalue weighted by Gasteiger charge is -2.59. The number of benzene rings is 1. The molecule has 6 rings (SSSR count). The Morgan fingerprint density at radius 2 is 1.86 bits per heavy atom. The number of amides is 1. The number of para-hydroxylation sites is 1. The number of carbonyl (C=O) groups is 1. The van der Waals surface area contributed by atoms with Crippen LogP contribution in [0.2, 0.25) is 0 Å². The van der Waals surface area contributed by atoms with Gasteiger partial charge in [0.2, 0.25) is 0 Å². The number of rotatable bonds is 4. The van der Waals surface area contributed by atoms with Crippen LogP contribution >= 0.6 is 0 Å². The maximum Gasteiger partial charge on any atom is 0.263 e. The molecular formula is C24H29N3O. The molecule has 4 fully saturated rings. The van der Waals surface area contributed by atoms with E-state index in [0.29, 0.717) is 0 Å². The maximum atomic E-state index is 12.9. The Kier molecular flexibility index (Phi) is 4.23. The predicted molar refractivity (Wildman–Crippen MR) is 109 cm³/mol. The van der Waals surface area contributed by atoms with Crippen LogP contribution in [-0.2, 0) is 11.2 Å². The van der Waals surface area contributed by atoms with E-state index in [1.54, 1.807) is 6.20 Å². The van der Waals surface area contributed by atoms with Crippen LogP contribution in [0.3, 0.4) is 0 Å². The summed E-state index contributed by atoms with van der Waals surface area (Å²) in [5.74, 6) is 2.36. The molecule has 5 aliphatic rings. The molecule has 4 nitrogen and oxygen atoms in total. The van der Waals surface area contributed by atoms with E-state index in [1.807, 2.05) is 17.0 Å². The Balaban J connectivity index is 1.31. The fourth-order valence-electron chi connectivity index (χ4n) is 6.93. The normalized spacial score (nSPS) is 34.1. The van der Waals surface area contributed by atoms with Crippen LogP contribution in [0.25, 0.3) is 0 Å². The molecule has 1 amide bonds. The Morgan fingerprint density at radius 1 is 1.21 bits per heavy atom. The number of anilines is 1. The van der Waals surface area contributed by atoms with E-state index in [9.17, 15) is 10.1 Å². The summed E-state index contributed by atoms with van der Waals surface area (Å²) in [5, 5.41) is 12.9. The SMILES string of the molecule is CC(NC(=O)/C(C#N)=C\N1CCc2ccccc21)C12CC3CC(CC(C3)C1)C2. The fourth-order valence-corrected chi connectivity index (χ4v) is 6.93. The smallest absolute Gasteiger partial charge is 0.263 e. The minimum Gasteiger partial charge on any atom is -0.348 e. The zero-order chi connectivity index (χ0) is 19.3. The second kappa shape index (κ2) is 6.65. The molecule has 0 spiro atoms. The number of carbonyl (C=O) groups excluding carboxylic acids is 1. The molecule has 0 radical (unpaired) electrons. The summed E-state index contributed by atoms with van der Waals surface area (Å²) in [7, 11) is 0. The molecule has 0 saturated heterocycles. The van der Waals surface area contributed by atoms with Crippen LogP contribution in [0.5, 0.6) is 0 Å². The second-order valence-corrected chi connectivity index (χ2v) is 9.70. The molecule has 1 unspecified atom stereocenters. The van der Waals surface area contributed by atoms with E-state index in [2.05, 4.69) is 30.4 Å². The molecule has 1 heterocycles. The third kappa shape index (κ3) is 2.92. The van der Waals surface area contributed by atoms with Gasteiger partial charge in [-0.1, -0.05) is 18.2 Å². The minimum atomic E-state index is -0.213. The summed E-state index contributed by atoms with van der Waals surface area (Å²) in [4.78, 5) is 15.0. The molecule has 1 atom stereocenters. The Morgan fingerprint density at radius 3 is 2.50 bits per heavy atom. The van der Waals surface area contributed by atoms with Crippen LogP contribution in [0.15, 0.2) is 36.0 Å². The van der Waals surface area contributed by atoms with E-state index < -0.39 is 0 Å². The van der Waals surface area contributed by atoms with Crippen LogP contribution < -0.4 is 10.2 Å². The topological polar surface area (TPSA) is 56.1 Å². The summed E-state index contributed by atoms with van der Waals surface area (Å²) in [5.41, 5.74) is 2.86. The van der Waals surface area contributed by atoms with Crippen molar-refractivity contribution in [3.63, 3.8) is 0 Å². The van der Waals surface area contributed by atoms with Crippen LogP contribution in [0.4, 0.5) is 5.69 Å². The monoisotopic (exact) mass is 375 g/mol. The maximum absolute atomic E-state index is 12.9. The van der Waals surface area contributed by atoms with Crippen molar-refractivity contribution in [2.45, 2.75) is 57.9 Å². The lowest BCUT2D eigenvalue weighted by Crippen LogP contribution is -2.56. The van der Waals surface area contributed by atoms with Crippen molar-refractivity contribution < 1.29 is 4.79 Å². The fraction of sp³-hybridized carbons (Fsp3) is 0.583. The van der Waals surface area contributed by atoms with E-state index in [1.165, 1.54) is 44.1 Å². The Labute approximate surface area is 167 Å². The molecule has 4 bridgehead atoms. The van der Waals surface area contributed by atoms with Gasteiger partial charge in [0.25, 0.3) is 5.91 Å². The first-order chi connectivity index (χ1) is 13.6. The van der Waals surface area contributed by atoms with Crippen LogP contribution in [0.1, 0.15) is 51.0 Å². The summed E-state index contributed by atoms with van der Waals surface area (Å²) in [6, 6.07) is 10.5. The molecule has 4 saturated carbocycles. The highest BCUT2D eigenvalue weighted by Gasteiger charge is 2.53. The van der Waals surface area contributed by atoms with Gasteiger partial charge in [-0.3, -0.25) is 4.79 Å². The number of hydrogen-bond acceptors (Lipinski definition) is 3. The first kappa shape index (κ1) is 17.8. The van der Waals surface area contributed by atoms with Crippen molar-refractivity contribution in [1.29, 1.82) is 5.26 Å². The number of hydrogen-bond donors (Lipinski definition) is 1. The van der Waals surface area contributed by atoms with Crippen molar-refractivity contribution in [2.75, 3.05) is 11.4 Å². The highest BCUT2D eigenvalue weighted by atomic mass is 16.1. The summed E-state index contributed by atoms with van der Waals surface area (Å²) >= 11 is 0. The van der Waals surface area contributed by atoms with Crippen molar-refractivity contribution in [3.8, 4) is 6.07 Å². The minimum absolute atomic E-state index is 0.135. The number of nitrogens with one attached hydrogen (secondary N) is 1. The van der Waals surface area contributed by atoms with E-state index in [-0.39, 0.29) is 22.9 Å². The lowest BCUT2D eigenvalue weighted by atomic mass is 9.48. The molecule has 1 N–H and O–H groups in total. The second-order valence-electron chi connectivity index (χ2n) is 9.70. The zero-order valence-electron chi connectivity index (χ0n) is 16.7. The summed E-state index contributed by atoms with van der Waals surface area (Å²) in [6.07, 6.45) is 10.7. The number of nitrogens with zero attached hydrogens (tertiary/aromatic N) is 2. The van der Waals surface area contributed by atoms with E-state index in [0.717, 1.165) is 36.4 Å². The van der Waals surface area contributed by atoms with Gasteiger partial charge in [0.1, 0.15) is 11.6 Å². The summed E-state index contributed by atoms with van der Waals surface area (Å²) < 4.78 is 0. The standard InChI is InChI=1S/C24H29N3O/c1-16(24-11-17-8-18(12-24)10-19(9-17)13-24)26-23(28)21(14-25)15-27-7-6-20-4-2-3-5-22(20)27/h2-5,15-19H,6-13H2,1H3,(H,26,28)/b21-15-. The van der Waals surface area contributed by atoms with Gasteiger partial charge in [-0.25, -0.2) is 0 Å². The van der Waals surface area contributed by atoms with Crippen molar-refractivity contribution in [2.24, 2.45) is 23.2 Å². The Hall–Kier alpha value is -2.28. The quantitative estimate of drug-likeness (QED) is 0.634. The average Bonchev–Trinajstić information content (AvgIpc) is 3.08. The largest absolute Gasteiger partial charge is 0.348 e. The van der Waals surface area contributed by atoms with Gasteiger partial charge in [-0.05, 0) is 86.7 Å². The van der Waals surface area contributed by atoms with E-state index in [4.69, 9.17) is 0 Å². The molecule has 28 heavy (non-hydrogen) atoms. The predicted octanol–water partition coefficient (Wildman–Crippen LogP) is 4.18. The van der Waals surface area contributed by atoms with E-state index >= 15 is 0 Å². The third-order valence-corrected chi connectivity index (χ3v) is 7.92. The molecule has 4 aliphatic carbocycles. The van der Waals surface area contributed by atoms with Crippen molar-refractivity contribution in [1.82, 2.24) is 5.32 Å². The lowest BCUT2D eigenvalue weighted by molar-refractivity contribution is -0.122. The van der Waals surface area contributed by atoms with Crippen LogP contribution in [0, 0.1) is 34.5 Å². The molecule has 1 aliphatic heterocycles. The van der Waals surface area contributed by atoms with Crippen molar-refractivity contribution >= 4 is 11.6 Å². The van der Waals surface area contributed by atoms with Crippen LogP contribution in [-0.4, -0.2) is 18.5 Å². The first-order valence-corrected chi connectivity index (χ1v) is 10.8.